The lowest BCUT2D eigenvalue weighted by atomic mass is 10.2. The van der Waals surface area contributed by atoms with E-state index in [4.69, 9.17) is 4.74 Å². The Balaban J connectivity index is 1.92. The van der Waals surface area contributed by atoms with Crippen molar-refractivity contribution in [2.75, 3.05) is 18.5 Å². The van der Waals surface area contributed by atoms with Crippen LogP contribution in [-0.4, -0.2) is 30.2 Å². The number of aryl methyl sites for hydroxylation is 1. The minimum absolute atomic E-state index is 0.0509. The number of amides is 2. The molecule has 20 heavy (non-hydrogen) atoms. The van der Waals surface area contributed by atoms with Crippen LogP contribution in [0.3, 0.4) is 0 Å². The number of urea groups is 1. The van der Waals surface area contributed by atoms with Crippen molar-refractivity contribution in [2.24, 2.45) is 0 Å². The first-order chi connectivity index (χ1) is 9.56. The molecule has 0 spiro atoms. The van der Waals surface area contributed by atoms with Crippen molar-refractivity contribution in [1.82, 2.24) is 5.32 Å². The largest absolute Gasteiger partial charge is 0.376 e. The van der Waals surface area contributed by atoms with E-state index in [1.165, 1.54) is 12.1 Å². The van der Waals surface area contributed by atoms with Crippen molar-refractivity contribution in [2.45, 2.75) is 25.9 Å². The Morgan fingerprint density at radius 3 is 3.00 bits per heavy atom. The predicted octanol–water partition coefficient (Wildman–Crippen LogP) is 2.20. The first kappa shape index (κ1) is 14.3. The molecule has 108 valence electrons. The third-order valence-corrected chi connectivity index (χ3v) is 3.19. The molecule has 0 aromatic heterocycles. The summed E-state index contributed by atoms with van der Waals surface area (Å²) in [6.07, 6.45) is 2.01. The monoisotopic (exact) mass is 279 g/mol. The highest BCUT2D eigenvalue weighted by Crippen LogP contribution is 2.21. The van der Waals surface area contributed by atoms with Gasteiger partial charge in [-0.1, -0.05) is 6.07 Å². The zero-order valence-electron chi connectivity index (χ0n) is 11.2. The molecule has 1 aliphatic heterocycles. The Bertz CT molecular complexity index is 512. The fourth-order valence-corrected chi connectivity index (χ4v) is 2.04. The van der Waals surface area contributed by atoms with E-state index >= 15 is 0 Å². The van der Waals surface area contributed by atoms with E-state index in [1.54, 1.807) is 13.0 Å². The molecule has 1 heterocycles. The molecule has 1 aliphatic rings. The molecular weight excluding hydrogens is 262 g/mol. The number of carbonyl (C=O) groups is 1. The van der Waals surface area contributed by atoms with Crippen molar-refractivity contribution >= 4 is 17.4 Å². The van der Waals surface area contributed by atoms with Crippen molar-refractivity contribution < 1.29 is 14.5 Å². The van der Waals surface area contributed by atoms with Crippen LogP contribution >= 0.6 is 0 Å². The smallest absolute Gasteiger partial charge is 0.319 e. The summed E-state index contributed by atoms with van der Waals surface area (Å²) >= 11 is 0. The molecule has 0 saturated carbocycles. The molecule has 0 radical (unpaired) electrons. The van der Waals surface area contributed by atoms with Gasteiger partial charge in [-0.05, 0) is 25.3 Å². The molecule has 1 fully saturated rings. The van der Waals surface area contributed by atoms with Gasteiger partial charge in [0, 0.05) is 25.3 Å². The normalized spacial score (nSPS) is 17.8. The number of hydrogen-bond acceptors (Lipinski definition) is 4. The van der Waals surface area contributed by atoms with Crippen LogP contribution in [0.4, 0.5) is 16.2 Å². The molecule has 2 rings (SSSR count). The van der Waals surface area contributed by atoms with Crippen LogP contribution in [0.1, 0.15) is 18.4 Å². The second-order valence-corrected chi connectivity index (χ2v) is 4.73. The summed E-state index contributed by atoms with van der Waals surface area (Å²) < 4.78 is 5.40. The molecule has 7 heteroatoms. The number of hydrogen-bond donors (Lipinski definition) is 2. The highest BCUT2D eigenvalue weighted by atomic mass is 16.6. The number of nitrogens with one attached hydrogen (secondary N) is 2. The Hall–Kier alpha value is -2.15. The van der Waals surface area contributed by atoms with Crippen LogP contribution in [0.15, 0.2) is 18.2 Å². The van der Waals surface area contributed by atoms with Crippen LogP contribution in [0.2, 0.25) is 0 Å². The number of nitro groups is 1. The molecule has 0 aliphatic carbocycles. The fourth-order valence-electron chi connectivity index (χ4n) is 2.04. The number of anilines is 1. The quantitative estimate of drug-likeness (QED) is 0.652. The first-order valence-corrected chi connectivity index (χ1v) is 6.48. The molecule has 1 atom stereocenters. The fraction of sp³-hybridized carbons (Fsp3) is 0.462. The number of rotatable bonds is 4. The number of nitrogens with zero attached hydrogens (tertiary/aromatic N) is 1. The molecular formula is C13H17N3O4. The zero-order chi connectivity index (χ0) is 14.5. The maximum absolute atomic E-state index is 11.8. The van der Waals surface area contributed by atoms with Crippen LogP contribution < -0.4 is 10.6 Å². The molecule has 0 unspecified atom stereocenters. The van der Waals surface area contributed by atoms with Gasteiger partial charge in [-0.2, -0.15) is 0 Å². The second-order valence-electron chi connectivity index (χ2n) is 4.73. The molecule has 7 nitrogen and oxygen atoms in total. The summed E-state index contributed by atoms with van der Waals surface area (Å²) in [7, 11) is 0. The average molecular weight is 279 g/mol. The van der Waals surface area contributed by atoms with E-state index in [0.29, 0.717) is 12.2 Å². The number of benzene rings is 1. The number of non-ortho nitro benzene ring substituents is 1. The number of carbonyl (C=O) groups excluding carboxylic acids is 1. The lowest BCUT2D eigenvalue weighted by molar-refractivity contribution is -0.384. The van der Waals surface area contributed by atoms with Gasteiger partial charge in [0.2, 0.25) is 0 Å². The highest BCUT2D eigenvalue weighted by Gasteiger charge is 2.16. The van der Waals surface area contributed by atoms with Crippen molar-refractivity contribution in [3.63, 3.8) is 0 Å². The lowest BCUT2D eigenvalue weighted by Gasteiger charge is -2.12. The van der Waals surface area contributed by atoms with Gasteiger partial charge in [0.1, 0.15) is 0 Å². The summed E-state index contributed by atoms with van der Waals surface area (Å²) in [6, 6.07) is 3.98. The maximum Gasteiger partial charge on any atom is 0.319 e. The molecule has 0 bridgehead atoms. The standard InChI is InChI=1S/C13H17N3O4/c1-9-4-5-10(16(18)19)7-12(9)15-13(17)14-8-11-3-2-6-20-11/h4-5,7,11H,2-3,6,8H2,1H3,(H2,14,15,17)/t11-/m1/s1. The minimum Gasteiger partial charge on any atom is -0.376 e. The van der Waals surface area contributed by atoms with Gasteiger partial charge in [-0.25, -0.2) is 4.79 Å². The van der Waals surface area contributed by atoms with Gasteiger partial charge in [-0.15, -0.1) is 0 Å². The van der Waals surface area contributed by atoms with Gasteiger partial charge in [0.25, 0.3) is 5.69 Å². The van der Waals surface area contributed by atoms with E-state index < -0.39 is 4.92 Å². The van der Waals surface area contributed by atoms with Crippen molar-refractivity contribution in [3.8, 4) is 0 Å². The third kappa shape index (κ3) is 3.67. The van der Waals surface area contributed by atoms with Gasteiger partial charge >= 0.3 is 6.03 Å². The van der Waals surface area contributed by atoms with E-state index in [-0.39, 0.29) is 17.8 Å². The van der Waals surface area contributed by atoms with Crippen LogP contribution in [-0.2, 0) is 4.74 Å². The summed E-state index contributed by atoms with van der Waals surface area (Å²) in [6.45, 7) is 2.96. The molecule has 1 saturated heterocycles. The molecule has 2 N–H and O–H groups in total. The molecule has 1 aromatic rings. The second kappa shape index (κ2) is 6.33. The third-order valence-electron chi connectivity index (χ3n) is 3.19. The van der Waals surface area contributed by atoms with E-state index in [0.717, 1.165) is 25.0 Å². The van der Waals surface area contributed by atoms with E-state index in [1.807, 2.05) is 0 Å². The summed E-state index contributed by atoms with van der Waals surface area (Å²) in [5, 5.41) is 16.0. The Kier molecular flexibility index (Phi) is 4.52. The Labute approximate surface area is 116 Å². The minimum atomic E-state index is -0.491. The Morgan fingerprint density at radius 1 is 1.55 bits per heavy atom. The number of nitro benzene ring substituents is 1. The van der Waals surface area contributed by atoms with Crippen LogP contribution in [0, 0.1) is 17.0 Å². The van der Waals surface area contributed by atoms with E-state index in [2.05, 4.69) is 10.6 Å². The van der Waals surface area contributed by atoms with Gasteiger partial charge < -0.3 is 15.4 Å². The topological polar surface area (TPSA) is 93.5 Å². The van der Waals surface area contributed by atoms with Gasteiger partial charge in [0.15, 0.2) is 0 Å². The molecule has 2 amide bonds. The average Bonchev–Trinajstić information content (AvgIpc) is 2.92. The molecule has 1 aromatic carbocycles. The predicted molar refractivity (Wildman–Crippen MR) is 73.8 cm³/mol. The summed E-state index contributed by atoms with van der Waals surface area (Å²) in [4.78, 5) is 22.0. The zero-order valence-corrected chi connectivity index (χ0v) is 11.2. The summed E-state index contributed by atoms with van der Waals surface area (Å²) in [5.74, 6) is 0. The van der Waals surface area contributed by atoms with Crippen molar-refractivity contribution in [1.29, 1.82) is 0 Å². The lowest BCUT2D eigenvalue weighted by Crippen LogP contribution is -2.35. The number of ether oxygens (including phenoxy) is 1. The van der Waals surface area contributed by atoms with Gasteiger partial charge in [-0.3, -0.25) is 10.1 Å². The van der Waals surface area contributed by atoms with Crippen LogP contribution in [0.25, 0.3) is 0 Å². The van der Waals surface area contributed by atoms with Crippen LogP contribution in [0.5, 0.6) is 0 Å². The Morgan fingerprint density at radius 2 is 2.35 bits per heavy atom. The van der Waals surface area contributed by atoms with Gasteiger partial charge in [0.05, 0.1) is 16.7 Å². The maximum atomic E-state index is 11.8. The summed E-state index contributed by atoms with van der Waals surface area (Å²) in [5.41, 5.74) is 1.15. The van der Waals surface area contributed by atoms with Crippen molar-refractivity contribution in [3.05, 3.63) is 33.9 Å². The first-order valence-electron chi connectivity index (χ1n) is 6.48. The van der Waals surface area contributed by atoms with E-state index in [9.17, 15) is 14.9 Å². The highest BCUT2D eigenvalue weighted by molar-refractivity contribution is 5.90. The SMILES string of the molecule is Cc1ccc([N+](=O)[O-])cc1NC(=O)NC[C@H]1CCCO1.